The molecule has 5 nitrogen and oxygen atoms in total. The second kappa shape index (κ2) is 3.91. The molecule has 0 fully saturated rings. The zero-order chi connectivity index (χ0) is 13.6. The van der Waals surface area contributed by atoms with Crippen LogP contribution in [0.1, 0.15) is 5.56 Å². The lowest BCUT2D eigenvalue weighted by atomic mass is 10.1. The zero-order valence-corrected chi connectivity index (χ0v) is 10.1. The topological polar surface area (TPSA) is 76.0 Å². The second-order valence-electron chi connectivity index (χ2n) is 4.41. The Morgan fingerprint density at radius 2 is 1.84 bits per heavy atom. The Morgan fingerprint density at radius 3 is 2.58 bits per heavy atom. The van der Waals surface area contributed by atoms with E-state index in [-0.39, 0.29) is 16.5 Å². The van der Waals surface area contributed by atoms with Crippen molar-refractivity contribution in [1.29, 1.82) is 0 Å². The molecule has 0 amide bonds. The van der Waals surface area contributed by atoms with Gasteiger partial charge in [-0.3, -0.25) is 14.9 Å². The molecule has 2 aromatic carbocycles. The lowest BCUT2D eigenvalue weighted by Crippen LogP contribution is -2.07. The van der Waals surface area contributed by atoms with Crippen molar-refractivity contribution in [3.05, 3.63) is 62.3 Å². The van der Waals surface area contributed by atoms with Gasteiger partial charge in [0.2, 0.25) is 5.43 Å². The molecule has 0 saturated carbocycles. The number of aryl methyl sites for hydroxylation is 1. The Balaban J connectivity index is 2.64. The van der Waals surface area contributed by atoms with Crippen LogP contribution in [-0.4, -0.2) is 9.91 Å². The van der Waals surface area contributed by atoms with Crippen LogP contribution < -0.4 is 5.43 Å². The minimum Gasteiger partial charge on any atom is -0.354 e. The van der Waals surface area contributed by atoms with Gasteiger partial charge in [0.05, 0.1) is 10.4 Å². The first-order valence-corrected chi connectivity index (χ1v) is 5.78. The number of hydrogen-bond donors (Lipinski definition) is 1. The van der Waals surface area contributed by atoms with Gasteiger partial charge in [-0.2, -0.15) is 0 Å². The molecular weight excluding hydrogens is 244 g/mol. The molecule has 0 aliphatic rings. The Kier molecular flexibility index (Phi) is 2.35. The molecule has 0 spiro atoms. The van der Waals surface area contributed by atoms with Gasteiger partial charge >= 0.3 is 0 Å². The molecule has 1 heterocycles. The van der Waals surface area contributed by atoms with Gasteiger partial charge < -0.3 is 4.98 Å². The summed E-state index contributed by atoms with van der Waals surface area (Å²) in [4.78, 5) is 26.2. The first kappa shape index (κ1) is 11.4. The molecule has 5 heteroatoms. The first-order chi connectivity index (χ1) is 9.09. The lowest BCUT2D eigenvalue weighted by Gasteiger charge is -2.05. The summed E-state index contributed by atoms with van der Waals surface area (Å²) in [5, 5.41) is 11.8. The monoisotopic (exact) mass is 254 g/mol. The molecule has 0 saturated heterocycles. The number of nitro groups is 1. The number of nitro benzene ring substituents is 1. The van der Waals surface area contributed by atoms with Crippen LogP contribution >= 0.6 is 0 Å². The van der Waals surface area contributed by atoms with E-state index < -0.39 is 4.92 Å². The van der Waals surface area contributed by atoms with Gasteiger partial charge in [0.1, 0.15) is 5.39 Å². The maximum absolute atomic E-state index is 12.4. The van der Waals surface area contributed by atoms with Crippen molar-refractivity contribution in [2.75, 3.05) is 0 Å². The number of para-hydroxylation sites is 1. The third-order valence-corrected chi connectivity index (χ3v) is 3.23. The number of rotatable bonds is 1. The van der Waals surface area contributed by atoms with Crippen molar-refractivity contribution >= 4 is 27.5 Å². The van der Waals surface area contributed by atoms with Gasteiger partial charge in [0.25, 0.3) is 5.69 Å². The van der Waals surface area contributed by atoms with Crippen LogP contribution in [0, 0.1) is 17.0 Å². The predicted molar refractivity (Wildman–Crippen MR) is 73.5 cm³/mol. The zero-order valence-electron chi connectivity index (χ0n) is 10.1. The number of nitrogens with one attached hydrogen (secondary N) is 1. The van der Waals surface area contributed by atoms with Crippen molar-refractivity contribution in [3.63, 3.8) is 0 Å². The van der Waals surface area contributed by atoms with E-state index in [1.807, 2.05) is 6.07 Å². The van der Waals surface area contributed by atoms with Gasteiger partial charge in [-0.1, -0.05) is 18.2 Å². The van der Waals surface area contributed by atoms with E-state index in [1.165, 1.54) is 0 Å². The molecule has 0 unspecified atom stereocenters. The average Bonchev–Trinajstić information content (AvgIpc) is 2.39. The van der Waals surface area contributed by atoms with Crippen LogP contribution in [0.4, 0.5) is 5.69 Å². The van der Waals surface area contributed by atoms with Crippen molar-refractivity contribution < 1.29 is 4.92 Å². The quantitative estimate of drug-likeness (QED) is 0.412. The standard InChI is InChI=1S/C14H10N2O3/c1-8-6-7-11-12(13(8)16(18)19)14(17)9-4-2-3-5-10(9)15-11/h2-7H,1H3,(H,15,17). The van der Waals surface area contributed by atoms with Gasteiger partial charge in [0.15, 0.2) is 0 Å². The molecule has 0 radical (unpaired) electrons. The number of aromatic amines is 1. The van der Waals surface area contributed by atoms with E-state index in [1.54, 1.807) is 37.3 Å². The van der Waals surface area contributed by atoms with Crippen molar-refractivity contribution in [2.45, 2.75) is 6.92 Å². The third-order valence-electron chi connectivity index (χ3n) is 3.23. The number of fused-ring (bicyclic) bond motifs is 2. The largest absolute Gasteiger partial charge is 0.354 e. The van der Waals surface area contributed by atoms with E-state index in [0.29, 0.717) is 22.0 Å². The normalized spacial score (nSPS) is 11.0. The van der Waals surface area contributed by atoms with Crippen molar-refractivity contribution in [2.24, 2.45) is 0 Å². The van der Waals surface area contributed by atoms with Crippen LogP contribution in [-0.2, 0) is 0 Å². The second-order valence-corrected chi connectivity index (χ2v) is 4.41. The number of pyridine rings is 1. The lowest BCUT2D eigenvalue weighted by molar-refractivity contribution is -0.383. The fourth-order valence-electron chi connectivity index (χ4n) is 2.33. The Labute approximate surface area is 107 Å². The summed E-state index contributed by atoms with van der Waals surface area (Å²) in [6.07, 6.45) is 0. The number of nitrogens with zero attached hydrogens (tertiary/aromatic N) is 1. The summed E-state index contributed by atoms with van der Waals surface area (Å²) in [6, 6.07) is 10.3. The van der Waals surface area contributed by atoms with E-state index >= 15 is 0 Å². The van der Waals surface area contributed by atoms with Crippen LogP contribution in [0.15, 0.2) is 41.2 Å². The molecule has 1 N–H and O–H groups in total. The minimum atomic E-state index is -0.498. The molecule has 0 bridgehead atoms. The fraction of sp³-hybridized carbons (Fsp3) is 0.0714. The Bertz CT molecular complexity index is 881. The minimum absolute atomic E-state index is 0.121. The molecule has 3 aromatic rings. The van der Waals surface area contributed by atoms with Crippen molar-refractivity contribution in [3.8, 4) is 0 Å². The Morgan fingerprint density at radius 1 is 1.11 bits per heavy atom. The summed E-state index contributed by atoms with van der Waals surface area (Å²) >= 11 is 0. The molecule has 19 heavy (non-hydrogen) atoms. The summed E-state index contributed by atoms with van der Waals surface area (Å²) in [5.74, 6) is 0. The predicted octanol–water partition coefficient (Wildman–Crippen LogP) is 2.90. The summed E-state index contributed by atoms with van der Waals surface area (Å²) in [7, 11) is 0. The van der Waals surface area contributed by atoms with Crippen LogP contribution in [0.2, 0.25) is 0 Å². The fourth-order valence-corrected chi connectivity index (χ4v) is 2.33. The van der Waals surface area contributed by atoms with E-state index in [9.17, 15) is 14.9 Å². The summed E-state index contributed by atoms with van der Waals surface area (Å²) < 4.78 is 0. The van der Waals surface area contributed by atoms with E-state index in [4.69, 9.17) is 0 Å². The van der Waals surface area contributed by atoms with Crippen molar-refractivity contribution in [1.82, 2.24) is 4.98 Å². The smallest absolute Gasteiger partial charge is 0.285 e. The Hall–Kier alpha value is -2.69. The first-order valence-electron chi connectivity index (χ1n) is 5.78. The van der Waals surface area contributed by atoms with Crippen LogP contribution in [0.5, 0.6) is 0 Å². The molecule has 0 atom stereocenters. The highest BCUT2D eigenvalue weighted by molar-refractivity contribution is 5.97. The molecule has 94 valence electrons. The van der Waals surface area contributed by atoms with Gasteiger partial charge in [-0.05, 0) is 25.1 Å². The molecule has 0 aliphatic heterocycles. The summed E-state index contributed by atoms with van der Waals surface area (Å²) in [5.41, 5.74) is 1.22. The average molecular weight is 254 g/mol. The van der Waals surface area contributed by atoms with Crippen LogP contribution in [0.25, 0.3) is 21.8 Å². The summed E-state index contributed by atoms with van der Waals surface area (Å²) in [6.45, 7) is 1.63. The number of benzene rings is 2. The van der Waals surface area contributed by atoms with Gasteiger partial charge in [0, 0.05) is 16.5 Å². The maximum Gasteiger partial charge on any atom is 0.285 e. The molecule has 3 rings (SSSR count). The SMILES string of the molecule is Cc1ccc2[nH]c3ccccc3c(=O)c2c1[N+](=O)[O-]. The number of aromatic nitrogens is 1. The highest BCUT2D eigenvalue weighted by Gasteiger charge is 2.19. The highest BCUT2D eigenvalue weighted by atomic mass is 16.6. The van der Waals surface area contributed by atoms with E-state index in [0.717, 1.165) is 0 Å². The number of H-pyrrole nitrogens is 1. The van der Waals surface area contributed by atoms with Gasteiger partial charge in [-0.25, -0.2) is 0 Å². The highest BCUT2D eigenvalue weighted by Crippen LogP contribution is 2.27. The third kappa shape index (κ3) is 1.59. The maximum atomic E-state index is 12.4. The number of hydrogen-bond acceptors (Lipinski definition) is 3. The molecular formula is C14H10N2O3. The molecule has 1 aromatic heterocycles. The molecule has 0 aliphatic carbocycles. The van der Waals surface area contributed by atoms with Crippen LogP contribution in [0.3, 0.4) is 0 Å². The van der Waals surface area contributed by atoms with E-state index in [2.05, 4.69) is 4.98 Å². The van der Waals surface area contributed by atoms with Gasteiger partial charge in [-0.15, -0.1) is 0 Å².